The van der Waals surface area contributed by atoms with Crippen LogP contribution in [0.4, 0.5) is 23.7 Å². The van der Waals surface area contributed by atoms with Crippen molar-refractivity contribution in [2.24, 2.45) is 5.92 Å². The SMILES string of the molecule is CC(C)(C)OC(=O)N1CCCC(C(=O)Nc2ccc(Br)cc2C(F)(F)F)C1. The molecule has 0 saturated carbocycles. The number of amides is 2. The van der Waals surface area contributed by atoms with Gasteiger partial charge in [-0.15, -0.1) is 0 Å². The van der Waals surface area contributed by atoms with Crippen LogP contribution in [-0.2, 0) is 15.7 Å². The molecule has 0 aliphatic carbocycles. The average molecular weight is 451 g/mol. The summed E-state index contributed by atoms with van der Waals surface area (Å²) < 4.78 is 45.2. The van der Waals surface area contributed by atoms with Crippen molar-refractivity contribution in [3.63, 3.8) is 0 Å². The molecule has 1 N–H and O–H groups in total. The fourth-order valence-corrected chi connectivity index (χ4v) is 3.14. The van der Waals surface area contributed by atoms with E-state index in [0.717, 1.165) is 6.07 Å². The number of carbonyl (C=O) groups excluding carboxylic acids is 2. The van der Waals surface area contributed by atoms with E-state index in [-0.39, 0.29) is 16.7 Å². The molecule has 1 fully saturated rings. The second-order valence-electron chi connectivity index (χ2n) is 7.44. The Bertz CT molecular complexity index is 717. The second kappa shape index (κ2) is 8.08. The summed E-state index contributed by atoms with van der Waals surface area (Å²) in [6.45, 7) is 5.78. The Hall–Kier alpha value is -1.77. The molecule has 1 saturated heterocycles. The maximum atomic E-state index is 13.2. The summed E-state index contributed by atoms with van der Waals surface area (Å²) >= 11 is 3.01. The van der Waals surface area contributed by atoms with Gasteiger partial charge in [-0.2, -0.15) is 13.2 Å². The lowest BCUT2D eigenvalue weighted by atomic mass is 9.97. The number of carbonyl (C=O) groups is 2. The predicted octanol–water partition coefficient (Wildman–Crippen LogP) is 5.05. The van der Waals surface area contributed by atoms with Crippen LogP contribution in [-0.4, -0.2) is 35.6 Å². The molecule has 0 spiro atoms. The molecular formula is C18H22BrF3N2O3. The second-order valence-corrected chi connectivity index (χ2v) is 8.36. The maximum Gasteiger partial charge on any atom is 0.418 e. The van der Waals surface area contributed by atoms with Crippen LogP contribution in [0, 0.1) is 5.92 Å². The first-order chi connectivity index (χ1) is 12.4. The van der Waals surface area contributed by atoms with Gasteiger partial charge >= 0.3 is 12.3 Å². The van der Waals surface area contributed by atoms with Crippen LogP contribution in [0.3, 0.4) is 0 Å². The Morgan fingerprint density at radius 1 is 1.26 bits per heavy atom. The quantitative estimate of drug-likeness (QED) is 0.685. The maximum absolute atomic E-state index is 13.2. The van der Waals surface area contributed by atoms with Crippen molar-refractivity contribution in [3.05, 3.63) is 28.2 Å². The van der Waals surface area contributed by atoms with Crippen molar-refractivity contribution in [3.8, 4) is 0 Å². The Labute approximate surface area is 164 Å². The van der Waals surface area contributed by atoms with Crippen LogP contribution in [0.5, 0.6) is 0 Å². The highest BCUT2D eigenvalue weighted by atomic mass is 79.9. The van der Waals surface area contributed by atoms with Gasteiger partial charge in [0.2, 0.25) is 5.91 Å². The topological polar surface area (TPSA) is 58.6 Å². The highest BCUT2D eigenvalue weighted by Crippen LogP contribution is 2.37. The number of hydrogen-bond donors (Lipinski definition) is 1. The summed E-state index contributed by atoms with van der Waals surface area (Å²) in [5, 5.41) is 2.36. The molecule has 0 bridgehead atoms. The normalized spacial score (nSPS) is 18.2. The molecule has 1 atom stereocenters. The lowest BCUT2D eigenvalue weighted by molar-refractivity contribution is -0.137. The van der Waals surface area contributed by atoms with E-state index < -0.39 is 35.3 Å². The summed E-state index contributed by atoms with van der Waals surface area (Å²) in [5.41, 5.74) is -1.89. The lowest BCUT2D eigenvalue weighted by Gasteiger charge is -2.33. The Kier molecular flexibility index (Phi) is 6.44. The number of halogens is 4. The zero-order valence-electron chi connectivity index (χ0n) is 15.3. The molecule has 9 heteroatoms. The zero-order valence-corrected chi connectivity index (χ0v) is 16.9. The summed E-state index contributed by atoms with van der Waals surface area (Å²) in [7, 11) is 0. The number of anilines is 1. The molecule has 0 radical (unpaired) electrons. The minimum Gasteiger partial charge on any atom is -0.444 e. The molecular weight excluding hydrogens is 429 g/mol. The largest absolute Gasteiger partial charge is 0.444 e. The minimum absolute atomic E-state index is 0.110. The number of alkyl halides is 3. The van der Waals surface area contributed by atoms with Crippen LogP contribution in [0.25, 0.3) is 0 Å². The molecule has 0 aromatic heterocycles. The molecule has 27 heavy (non-hydrogen) atoms. The number of ether oxygens (including phenoxy) is 1. The average Bonchev–Trinajstić information content (AvgIpc) is 2.54. The van der Waals surface area contributed by atoms with E-state index in [1.165, 1.54) is 17.0 Å². The van der Waals surface area contributed by atoms with Gasteiger partial charge in [0.25, 0.3) is 0 Å². The van der Waals surface area contributed by atoms with Crippen LogP contribution in [0.1, 0.15) is 39.2 Å². The smallest absolute Gasteiger partial charge is 0.418 e. The van der Waals surface area contributed by atoms with Gasteiger partial charge in [-0.3, -0.25) is 4.79 Å². The fraction of sp³-hybridized carbons (Fsp3) is 0.556. The van der Waals surface area contributed by atoms with Gasteiger partial charge in [-0.1, -0.05) is 15.9 Å². The van der Waals surface area contributed by atoms with Gasteiger partial charge in [0.1, 0.15) is 5.60 Å². The standard InChI is InChI=1S/C18H22BrF3N2O3/c1-17(2,3)27-16(26)24-8-4-5-11(10-24)15(25)23-14-7-6-12(19)9-13(14)18(20,21)22/h6-7,9,11H,4-5,8,10H2,1-3H3,(H,23,25). The van der Waals surface area contributed by atoms with Gasteiger partial charge in [0.15, 0.2) is 0 Å². The number of nitrogens with zero attached hydrogens (tertiary/aromatic N) is 1. The van der Waals surface area contributed by atoms with Crippen molar-refractivity contribution in [1.82, 2.24) is 4.90 Å². The van der Waals surface area contributed by atoms with Gasteiger partial charge in [0, 0.05) is 17.6 Å². The summed E-state index contributed by atoms with van der Waals surface area (Å²) in [6, 6.07) is 3.56. The molecule has 1 heterocycles. The lowest BCUT2D eigenvalue weighted by Crippen LogP contribution is -2.45. The molecule has 1 unspecified atom stereocenters. The third-order valence-corrected chi connectivity index (χ3v) is 4.48. The Morgan fingerprint density at radius 3 is 2.52 bits per heavy atom. The summed E-state index contributed by atoms with van der Waals surface area (Å²) in [5.74, 6) is -1.15. The van der Waals surface area contributed by atoms with Gasteiger partial charge in [-0.05, 0) is 51.8 Å². The zero-order chi connectivity index (χ0) is 20.4. The number of nitrogens with one attached hydrogen (secondary N) is 1. The first-order valence-corrected chi connectivity index (χ1v) is 9.31. The minimum atomic E-state index is -4.60. The van der Waals surface area contributed by atoms with E-state index in [2.05, 4.69) is 21.2 Å². The molecule has 1 aromatic rings. The summed E-state index contributed by atoms with van der Waals surface area (Å²) in [6.07, 6.45) is -4.06. The highest BCUT2D eigenvalue weighted by molar-refractivity contribution is 9.10. The first-order valence-electron chi connectivity index (χ1n) is 8.52. The molecule has 1 aliphatic heterocycles. The van der Waals surface area contributed by atoms with Crippen LogP contribution in [0.2, 0.25) is 0 Å². The molecule has 1 aliphatic rings. The third-order valence-electron chi connectivity index (χ3n) is 3.99. The number of benzene rings is 1. The molecule has 5 nitrogen and oxygen atoms in total. The number of rotatable bonds is 2. The first kappa shape index (κ1) is 21.5. The van der Waals surface area contributed by atoms with E-state index in [1.807, 2.05) is 0 Å². The van der Waals surface area contributed by atoms with Crippen LogP contribution in [0.15, 0.2) is 22.7 Å². The number of likely N-dealkylation sites (tertiary alicyclic amines) is 1. The summed E-state index contributed by atoms with van der Waals surface area (Å²) in [4.78, 5) is 26.1. The Balaban J connectivity index is 2.09. The van der Waals surface area contributed by atoms with E-state index in [4.69, 9.17) is 4.74 Å². The molecule has 2 rings (SSSR count). The highest BCUT2D eigenvalue weighted by Gasteiger charge is 2.36. The van der Waals surface area contributed by atoms with Crippen molar-refractivity contribution in [2.45, 2.75) is 45.4 Å². The third kappa shape index (κ3) is 6.12. The van der Waals surface area contributed by atoms with E-state index in [9.17, 15) is 22.8 Å². The van der Waals surface area contributed by atoms with E-state index in [0.29, 0.717) is 19.4 Å². The van der Waals surface area contributed by atoms with Crippen molar-refractivity contribution in [1.29, 1.82) is 0 Å². The van der Waals surface area contributed by atoms with Gasteiger partial charge < -0.3 is 15.0 Å². The Morgan fingerprint density at radius 2 is 1.93 bits per heavy atom. The number of piperidine rings is 1. The predicted molar refractivity (Wildman–Crippen MR) is 98.3 cm³/mol. The van der Waals surface area contributed by atoms with E-state index in [1.54, 1.807) is 20.8 Å². The van der Waals surface area contributed by atoms with Gasteiger partial charge in [-0.25, -0.2) is 4.79 Å². The molecule has 1 aromatic carbocycles. The van der Waals surface area contributed by atoms with Crippen molar-refractivity contribution in [2.75, 3.05) is 18.4 Å². The monoisotopic (exact) mass is 450 g/mol. The molecule has 2 amide bonds. The van der Waals surface area contributed by atoms with Crippen LogP contribution < -0.4 is 5.32 Å². The molecule has 150 valence electrons. The van der Waals surface area contributed by atoms with Gasteiger partial charge in [0.05, 0.1) is 17.2 Å². The van der Waals surface area contributed by atoms with E-state index >= 15 is 0 Å². The number of hydrogen-bond acceptors (Lipinski definition) is 3. The van der Waals surface area contributed by atoms with Crippen molar-refractivity contribution >= 4 is 33.6 Å². The fourth-order valence-electron chi connectivity index (χ4n) is 2.78. The van der Waals surface area contributed by atoms with Crippen LogP contribution >= 0.6 is 15.9 Å². The van der Waals surface area contributed by atoms with Crippen molar-refractivity contribution < 1.29 is 27.5 Å².